The molecule has 1 saturated carbocycles. The van der Waals surface area contributed by atoms with Crippen LogP contribution in [0.4, 0.5) is 0 Å². The maximum absolute atomic E-state index is 15.5. The first-order valence-corrected chi connectivity index (χ1v) is 28.8. The summed E-state index contributed by atoms with van der Waals surface area (Å²) in [6.07, 6.45) is 22.2. The minimum absolute atomic E-state index is 0.0238. The van der Waals surface area contributed by atoms with Gasteiger partial charge in [-0.05, 0) is 110 Å². The van der Waals surface area contributed by atoms with Gasteiger partial charge in [0.15, 0.2) is 11.5 Å². The maximum atomic E-state index is 15.5. The summed E-state index contributed by atoms with van der Waals surface area (Å²) in [6.45, 7) is 8.37. The Balaban J connectivity index is 1.23. The van der Waals surface area contributed by atoms with E-state index < -0.39 is 24.0 Å². The highest BCUT2D eigenvalue weighted by Crippen LogP contribution is 2.62. The van der Waals surface area contributed by atoms with Crippen LogP contribution in [0.3, 0.4) is 0 Å². The molecule has 1 amide bonds. The van der Waals surface area contributed by atoms with Crippen LogP contribution in [0.25, 0.3) is 0 Å². The molecule has 1 unspecified atom stereocenters. The molecule has 3 heterocycles. The van der Waals surface area contributed by atoms with E-state index in [9.17, 15) is 10.2 Å². The van der Waals surface area contributed by atoms with E-state index in [2.05, 4.69) is 49.9 Å². The van der Waals surface area contributed by atoms with E-state index in [-0.39, 0.29) is 56.8 Å². The van der Waals surface area contributed by atoms with Crippen molar-refractivity contribution in [3.8, 4) is 23.0 Å². The number of ether oxygens (including phenoxy) is 6. The summed E-state index contributed by atoms with van der Waals surface area (Å²) in [5.74, 6) is 1.79. The summed E-state index contributed by atoms with van der Waals surface area (Å²) in [5, 5.41) is 25.3. The summed E-state index contributed by atoms with van der Waals surface area (Å²) in [7, 11) is 0. The van der Waals surface area contributed by atoms with Crippen LogP contribution in [0.15, 0.2) is 101 Å². The molecule has 0 aromatic heterocycles. The Bertz CT molecular complexity index is 2250. The molecule has 12 nitrogen and oxygen atoms in total. The Labute approximate surface area is 439 Å². The van der Waals surface area contributed by atoms with Gasteiger partial charge in [-0.15, -0.1) is 18.3 Å². The van der Waals surface area contributed by atoms with Gasteiger partial charge in [-0.1, -0.05) is 113 Å². The number of carbonyl (C=O) groups excluding carboxylic acids is 1. The quantitative estimate of drug-likeness (QED) is 0.0276. The van der Waals surface area contributed by atoms with Gasteiger partial charge in [0.25, 0.3) is 0 Å². The van der Waals surface area contributed by atoms with Gasteiger partial charge < -0.3 is 48.4 Å². The van der Waals surface area contributed by atoms with Crippen LogP contribution in [0, 0.1) is 17.8 Å². The third-order valence-electron chi connectivity index (χ3n) is 15.4. The van der Waals surface area contributed by atoms with Gasteiger partial charge in [0.1, 0.15) is 17.5 Å². The molecule has 2 N–H and O–H groups in total. The molecular formula is C60H82N2O10S. The minimum Gasteiger partial charge on any atom is -0.493 e. The zero-order chi connectivity index (χ0) is 50.7. The number of benzene rings is 3. The van der Waals surface area contributed by atoms with Crippen LogP contribution in [0.5, 0.6) is 23.0 Å². The third kappa shape index (κ3) is 14.2. The van der Waals surface area contributed by atoms with E-state index in [1.54, 1.807) is 17.8 Å². The summed E-state index contributed by atoms with van der Waals surface area (Å²) >= 11 is 1.76. The van der Waals surface area contributed by atoms with Crippen molar-refractivity contribution in [1.29, 1.82) is 0 Å². The van der Waals surface area contributed by atoms with Gasteiger partial charge in [-0.3, -0.25) is 4.79 Å². The first-order chi connectivity index (χ1) is 36.0. The number of hydrogen-bond donors (Lipinski definition) is 2. The number of thioether (sulfide) groups is 1. The number of aliphatic hydroxyl groups excluding tert-OH is 2. The number of aliphatic hydroxyl groups is 2. The van der Waals surface area contributed by atoms with Crippen LogP contribution in [-0.4, -0.2) is 90.4 Å². The number of carbonyl (C=O) groups is 1. The molecule has 13 heteroatoms. The zero-order valence-electron chi connectivity index (χ0n) is 43.4. The van der Waals surface area contributed by atoms with Gasteiger partial charge >= 0.3 is 0 Å². The third-order valence-corrected chi connectivity index (χ3v) is 16.4. The standard InChI is InChI=1S/C60H82N2O10S/c1-3-5-6-7-8-9-10-11-15-26-56(65)62(42-44-28-30-53-54(38-44)69-43-68-53)55-41-51(61-72-57-27-18-21-35-67-57)49-39-45(22-16-19-32-63)48(25-17-20-33-64)58-50-40-46(66-36-37-73-47-23-13-12-14-24-47)29-31-52(50)71-60(55,59(49)58)70-34-4-2/h4,12-14,23-24,28-31,38-40,45,48,55,57-59,63-64H,2-3,5-11,15-22,25-27,32-37,41-43H2,1H3/t45-,48+,55-,57?,58+,59+,60+/m0/s1. The fraction of sp³-hybridized carbons (Fsp3) is 0.600. The number of oxime groups is 1. The average Bonchev–Trinajstić information content (AvgIpc) is 3.89. The molecule has 0 bridgehead atoms. The molecule has 2 aliphatic carbocycles. The number of hydrogen-bond acceptors (Lipinski definition) is 12. The first kappa shape index (κ1) is 54.7. The van der Waals surface area contributed by atoms with Crippen molar-refractivity contribution in [3.63, 3.8) is 0 Å². The van der Waals surface area contributed by atoms with Gasteiger partial charge in [0, 0.05) is 61.2 Å². The number of nitrogens with zero attached hydrogens (tertiary/aromatic N) is 2. The molecular weight excluding hydrogens is 941 g/mol. The van der Waals surface area contributed by atoms with Crippen LogP contribution in [0.1, 0.15) is 152 Å². The average molecular weight is 1020 g/mol. The minimum atomic E-state index is -1.39. The molecule has 0 radical (unpaired) electrons. The first-order valence-electron chi connectivity index (χ1n) is 27.8. The van der Waals surface area contributed by atoms with E-state index in [0.717, 1.165) is 98.1 Å². The van der Waals surface area contributed by atoms with Crippen molar-refractivity contribution in [3.05, 3.63) is 102 Å². The zero-order valence-corrected chi connectivity index (χ0v) is 44.3. The number of fused-ring (bicyclic) bond motifs is 3. The molecule has 1 saturated heterocycles. The van der Waals surface area contributed by atoms with Gasteiger partial charge in [-0.2, -0.15) is 0 Å². The number of amides is 1. The fourth-order valence-electron chi connectivity index (χ4n) is 11.8. The molecule has 0 spiro atoms. The highest BCUT2D eigenvalue weighted by atomic mass is 32.2. The lowest BCUT2D eigenvalue weighted by atomic mass is 9.55. The second kappa shape index (κ2) is 28.4. The van der Waals surface area contributed by atoms with Crippen molar-refractivity contribution in [1.82, 2.24) is 4.90 Å². The van der Waals surface area contributed by atoms with E-state index in [1.807, 2.05) is 41.3 Å². The molecule has 3 aromatic carbocycles. The van der Waals surface area contributed by atoms with E-state index >= 15 is 4.79 Å². The second-order valence-corrected chi connectivity index (χ2v) is 21.6. The SMILES string of the molecule is C=CCO[C@@]12Oc3ccc(OCCSc4ccccc4)cc3[C@H]3[C@H](CCCCO)[C@@H](CCCCO)C=C(C(=NOC4CCCCO4)C[C@@H]1N(Cc1ccc4c(c1)OCO4)C(=O)CCCCCCCCCCC)[C@H]32. The van der Waals surface area contributed by atoms with Crippen LogP contribution in [-0.2, 0) is 25.7 Å². The molecule has 7 atom stereocenters. The molecule has 398 valence electrons. The number of unbranched alkanes of at least 4 members (excludes halogenated alkanes) is 10. The smallest absolute Gasteiger partial charge is 0.239 e. The Morgan fingerprint density at radius 2 is 1.64 bits per heavy atom. The fourth-order valence-corrected chi connectivity index (χ4v) is 12.6. The van der Waals surface area contributed by atoms with Crippen molar-refractivity contribution in [2.45, 2.75) is 171 Å². The van der Waals surface area contributed by atoms with Gasteiger partial charge in [0.05, 0.1) is 31.5 Å². The molecule has 73 heavy (non-hydrogen) atoms. The lowest BCUT2D eigenvalue weighted by Crippen LogP contribution is -2.70. The monoisotopic (exact) mass is 1020 g/mol. The summed E-state index contributed by atoms with van der Waals surface area (Å²) in [4.78, 5) is 25.1. The lowest BCUT2D eigenvalue weighted by Gasteiger charge is -2.60. The molecule has 2 fully saturated rings. The highest BCUT2D eigenvalue weighted by molar-refractivity contribution is 7.99. The van der Waals surface area contributed by atoms with Gasteiger partial charge in [0.2, 0.25) is 24.8 Å². The number of rotatable bonds is 31. The normalized spacial score (nSPS) is 24.3. The summed E-state index contributed by atoms with van der Waals surface area (Å²) < 4.78 is 39.2. The lowest BCUT2D eigenvalue weighted by molar-refractivity contribution is -0.258. The van der Waals surface area contributed by atoms with Crippen LogP contribution < -0.4 is 18.9 Å². The Kier molecular flexibility index (Phi) is 21.3. The number of allylic oxidation sites excluding steroid dienone is 1. The predicted molar refractivity (Wildman–Crippen MR) is 287 cm³/mol. The van der Waals surface area contributed by atoms with Crippen molar-refractivity contribution < 1.29 is 48.3 Å². The largest absolute Gasteiger partial charge is 0.493 e. The van der Waals surface area contributed by atoms with Gasteiger partial charge in [-0.25, -0.2) is 0 Å². The topological polar surface area (TPSA) is 138 Å². The maximum Gasteiger partial charge on any atom is 0.239 e. The van der Waals surface area contributed by atoms with Crippen LogP contribution >= 0.6 is 11.8 Å². The highest BCUT2D eigenvalue weighted by Gasteiger charge is 2.65. The van der Waals surface area contributed by atoms with E-state index in [4.69, 9.17) is 38.4 Å². The Hall–Kier alpha value is -4.53. The van der Waals surface area contributed by atoms with Crippen LogP contribution in [0.2, 0.25) is 0 Å². The molecule has 5 aliphatic rings. The predicted octanol–water partition coefficient (Wildman–Crippen LogP) is 12.7. The molecule has 8 rings (SSSR count). The Morgan fingerprint density at radius 1 is 0.877 bits per heavy atom. The van der Waals surface area contributed by atoms with Crippen molar-refractivity contribution in [2.75, 3.05) is 45.6 Å². The van der Waals surface area contributed by atoms with E-state index in [1.165, 1.54) is 43.4 Å². The van der Waals surface area contributed by atoms with E-state index in [0.29, 0.717) is 56.1 Å². The Morgan fingerprint density at radius 3 is 2.41 bits per heavy atom. The van der Waals surface area contributed by atoms with Crippen molar-refractivity contribution in [2.24, 2.45) is 22.9 Å². The van der Waals surface area contributed by atoms with Crippen molar-refractivity contribution >= 4 is 23.4 Å². The summed E-state index contributed by atoms with van der Waals surface area (Å²) in [6, 6.07) is 21.8. The summed E-state index contributed by atoms with van der Waals surface area (Å²) in [5.41, 5.74) is 3.70. The molecule has 3 aliphatic heterocycles. The molecule has 3 aromatic rings. The second-order valence-electron chi connectivity index (χ2n) is 20.5.